The lowest BCUT2D eigenvalue weighted by Crippen LogP contribution is -2.52. The summed E-state index contributed by atoms with van der Waals surface area (Å²) in [7, 11) is 1.27. The smallest absolute Gasteiger partial charge is 0.408 e. The number of esters is 1. The molecule has 2 amide bonds. The molecule has 27 heavy (non-hydrogen) atoms. The standard InChI is InChI=1S/C18H36N4O5/c1-18(2,3)27-17(25)22-13(9-5-7-11-19)15(23)21-14(16(24)26-4)10-6-8-12-20/h13-14H,5-12,19-20H2,1-4H3,(H,21,23)(H,22,25)/t13-,14?/m1/s1. The summed E-state index contributed by atoms with van der Waals surface area (Å²) in [6.07, 6.45) is 2.90. The Morgan fingerprint density at radius 2 is 1.41 bits per heavy atom. The van der Waals surface area contributed by atoms with Gasteiger partial charge in [0.05, 0.1) is 7.11 Å². The fourth-order valence-electron chi connectivity index (χ4n) is 2.37. The molecule has 2 atom stereocenters. The second-order valence-corrected chi connectivity index (χ2v) is 7.35. The van der Waals surface area contributed by atoms with Gasteiger partial charge in [-0.3, -0.25) is 4.79 Å². The first-order valence-electron chi connectivity index (χ1n) is 9.42. The maximum absolute atomic E-state index is 12.7. The average molecular weight is 389 g/mol. The largest absolute Gasteiger partial charge is 0.467 e. The Hall–Kier alpha value is -1.87. The summed E-state index contributed by atoms with van der Waals surface area (Å²) < 4.78 is 9.97. The second-order valence-electron chi connectivity index (χ2n) is 7.35. The van der Waals surface area contributed by atoms with Crippen LogP contribution in [-0.4, -0.2) is 55.9 Å². The topological polar surface area (TPSA) is 146 Å². The molecule has 0 bridgehead atoms. The third-order valence-electron chi connectivity index (χ3n) is 3.70. The third kappa shape index (κ3) is 12.2. The van der Waals surface area contributed by atoms with E-state index in [1.165, 1.54) is 7.11 Å². The van der Waals surface area contributed by atoms with Crippen LogP contribution in [0.1, 0.15) is 59.3 Å². The van der Waals surface area contributed by atoms with Gasteiger partial charge in [0, 0.05) is 0 Å². The zero-order chi connectivity index (χ0) is 20.9. The lowest BCUT2D eigenvalue weighted by molar-refractivity contribution is -0.145. The van der Waals surface area contributed by atoms with Crippen LogP contribution >= 0.6 is 0 Å². The van der Waals surface area contributed by atoms with Crippen LogP contribution in [0.4, 0.5) is 4.79 Å². The van der Waals surface area contributed by atoms with Crippen molar-refractivity contribution in [3.05, 3.63) is 0 Å². The van der Waals surface area contributed by atoms with E-state index in [1.807, 2.05) is 0 Å². The Balaban J connectivity index is 4.99. The van der Waals surface area contributed by atoms with Crippen LogP contribution in [0.25, 0.3) is 0 Å². The number of unbranched alkanes of at least 4 members (excludes halogenated alkanes) is 2. The highest BCUT2D eigenvalue weighted by Gasteiger charge is 2.28. The highest BCUT2D eigenvalue weighted by molar-refractivity contribution is 5.89. The Morgan fingerprint density at radius 1 is 0.889 bits per heavy atom. The van der Waals surface area contributed by atoms with Gasteiger partial charge in [0.2, 0.25) is 5.91 Å². The quantitative estimate of drug-likeness (QED) is 0.286. The minimum Gasteiger partial charge on any atom is -0.467 e. The molecule has 0 spiro atoms. The van der Waals surface area contributed by atoms with Crippen LogP contribution in [0.15, 0.2) is 0 Å². The molecule has 0 aromatic rings. The minimum absolute atomic E-state index is 0.388. The molecule has 0 aliphatic heterocycles. The normalized spacial score (nSPS) is 13.4. The second kappa shape index (κ2) is 13.3. The van der Waals surface area contributed by atoms with Gasteiger partial charge in [-0.15, -0.1) is 0 Å². The van der Waals surface area contributed by atoms with Gasteiger partial charge >= 0.3 is 12.1 Å². The summed E-state index contributed by atoms with van der Waals surface area (Å²) in [6.45, 7) is 6.21. The summed E-state index contributed by atoms with van der Waals surface area (Å²) in [5.41, 5.74) is 10.3. The fourth-order valence-corrected chi connectivity index (χ4v) is 2.37. The van der Waals surface area contributed by atoms with E-state index in [0.717, 1.165) is 12.8 Å². The fraction of sp³-hybridized carbons (Fsp3) is 0.833. The molecular formula is C18H36N4O5. The van der Waals surface area contributed by atoms with E-state index in [4.69, 9.17) is 20.9 Å². The van der Waals surface area contributed by atoms with E-state index in [0.29, 0.717) is 38.8 Å². The van der Waals surface area contributed by atoms with Crippen LogP contribution in [-0.2, 0) is 19.1 Å². The number of amides is 2. The van der Waals surface area contributed by atoms with Crippen molar-refractivity contribution in [2.24, 2.45) is 11.5 Å². The van der Waals surface area contributed by atoms with E-state index in [1.54, 1.807) is 20.8 Å². The maximum Gasteiger partial charge on any atom is 0.408 e. The van der Waals surface area contributed by atoms with E-state index in [-0.39, 0.29) is 0 Å². The molecule has 0 aliphatic rings. The SMILES string of the molecule is COC(=O)C(CCCCN)NC(=O)[C@@H](CCCCN)NC(=O)OC(C)(C)C. The number of ether oxygens (including phenoxy) is 2. The summed E-state index contributed by atoms with van der Waals surface area (Å²) in [4.78, 5) is 36.6. The Bertz CT molecular complexity index is 465. The number of nitrogens with one attached hydrogen (secondary N) is 2. The Morgan fingerprint density at radius 3 is 1.85 bits per heavy atom. The molecule has 158 valence electrons. The van der Waals surface area contributed by atoms with Crippen molar-refractivity contribution >= 4 is 18.0 Å². The van der Waals surface area contributed by atoms with Gasteiger partial charge in [-0.2, -0.15) is 0 Å². The van der Waals surface area contributed by atoms with Crippen molar-refractivity contribution in [1.82, 2.24) is 10.6 Å². The molecule has 1 unspecified atom stereocenters. The monoisotopic (exact) mass is 388 g/mol. The highest BCUT2D eigenvalue weighted by atomic mass is 16.6. The number of alkyl carbamates (subject to hydrolysis) is 1. The zero-order valence-electron chi connectivity index (χ0n) is 17.0. The Kier molecular flexibility index (Phi) is 12.4. The lowest BCUT2D eigenvalue weighted by atomic mass is 10.1. The van der Waals surface area contributed by atoms with Gasteiger partial charge in [-0.05, 0) is 72.4 Å². The molecule has 0 aromatic carbocycles. The number of carbonyl (C=O) groups excluding carboxylic acids is 3. The summed E-state index contributed by atoms with van der Waals surface area (Å²) in [5.74, 6) is -0.987. The zero-order valence-corrected chi connectivity index (χ0v) is 17.0. The number of nitrogens with two attached hydrogens (primary N) is 2. The molecule has 0 aromatic heterocycles. The number of methoxy groups -OCH3 is 1. The van der Waals surface area contributed by atoms with Gasteiger partial charge < -0.3 is 31.6 Å². The van der Waals surface area contributed by atoms with Gasteiger partial charge in [0.15, 0.2) is 0 Å². The van der Waals surface area contributed by atoms with E-state index < -0.39 is 35.7 Å². The lowest BCUT2D eigenvalue weighted by Gasteiger charge is -2.25. The van der Waals surface area contributed by atoms with Gasteiger partial charge in [-0.1, -0.05) is 0 Å². The molecule has 0 rings (SSSR count). The van der Waals surface area contributed by atoms with Gasteiger partial charge in [0.1, 0.15) is 17.7 Å². The van der Waals surface area contributed by atoms with Crippen LogP contribution in [0.5, 0.6) is 0 Å². The number of hydrogen-bond donors (Lipinski definition) is 4. The first kappa shape index (κ1) is 25.1. The molecule has 0 saturated heterocycles. The minimum atomic E-state index is -0.826. The summed E-state index contributed by atoms with van der Waals surface area (Å²) in [6, 6.07) is -1.61. The Labute approximate surface area is 161 Å². The predicted molar refractivity (Wildman–Crippen MR) is 103 cm³/mol. The maximum atomic E-state index is 12.7. The molecule has 0 fully saturated rings. The number of rotatable bonds is 12. The van der Waals surface area contributed by atoms with Crippen molar-refractivity contribution in [1.29, 1.82) is 0 Å². The van der Waals surface area contributed by atoms with Crippen LogP contribution in [0, 0.1) is 0 Å². The van der Waals surface area contributed by atoms with Crippen molar-refractivity contribution in [3.63, 3.8) is 0 Å². The summed E-state index contributed by atoms with van der Waals surface area (Å²) in [5, 5.41) is 5.24. The predicted octanol–water partition coefficient (Wildman–Crippen LogP) is 0.796. The van der Waals surface area contributed by atoms with E-state index >= 15 is 0 Å². The van der Waals surface area contributed by atoms with Crippen molar-refractivity contribution in [3.8, 4) is 0 Å². The third-order valence-corrected chi connectivity index (χ3v) is 3.70. The molecule has 0 radical (unpaired) electrons. The van der Waals surface area contributed by atoms with Crippen molar-refractivity contribution < 1.29 is 23.9 Å². The summed E-state index contributed by atoms with van der Waals surface area (Å²) >= 11 is 0. The van der Waals surface area contributed by atoms with Crippen LogP contribution < -0.4 is 22.1 Å². The molecule has 0 saturated carbocycles. The number of carbonyl (C=O) groups is 3. The molecule has 0 heterocycles. The highest BCUT2D eigenvalue weighted by Crippen LogP contribution is 2.09. The first-order valence-corrected chi connectivity index (χ1v) is 9.42. The van der Waals surface area contributed by atoms with Crippen molar-refractivity contribution in [2.75, 3.05) is 20.2 Å². The molecule has 9 nitrogen and oxygen atoms in total. The number of hydrogen-bond acceptors (Lipinski definition) is 7. The van der Waals surface area contributed by atoms with Crippen LogP contribution in [0.2, 0.25) is 0 Å². The molecular weight excluding hydrogens is 352 g/mol. The molecule has 0 aliphatic carbocycles. The van der Waals surface area contributed by atoms with Gasteiger partial charge in [0.25, 0.3) is 0 Å². The van der Waals surface area contributed by atoms with Crippen LogP contribution in [0.3, 0.4) is 0 Å². The average Bonchev–Trinajstić information content (AvgIpc) is 2.57. The molecule has 6 N–H and O–H groups in total. The van der Waals surface area contributed by atoms with Crippen molar-refractivity contribution in [2.45, 2.75) is 77.0 Å². The van der Waals surface area contributed by atoms with E-state index in [9.17, 15) is 14.4 Å². The first-order chi connectivity index (χ1) is 12.6. The van der Waals surface area contributed by atoms with E-state index in [2.05, 4.69) is 10.6 Å². The molecule has 9 heteroatoms. The van der Waals surface area contributed by atoms with Gasteiger partial charge in [-0.25, -0.2) is 9.59 Å².